The minimum Gasteiger partial charge on any atom is -0.337 e. The van der Waals surface area contributed by atoms with E-state index < -0.39 is 0 Å². The lowest BCUT2D eigenvalue weighted by atomic mass is 10.1. The van der Waals surface area contributed by atoms with Gasteiger partial charge in [0, 0.05) is 37.7 Å². The van der Waals surface area contributed by atoms with E-state index in [9.17, 15) is 0 Å². The van der Waals surface area contributed by atoms with Gasteiger partial charge in [-0.3, -0.25) is 9.47 Å². The van der Waals surface area contributed by atoms with E-state index in [-0.39, 0.29) is 0 Å². The molecule has 124 valence electrons. The van der Waals surface area contributed by atoms with Crippen molar-refractivity contribution in [2.75, 3.05) is 38.1 Å². The van der Waals surface area contributed by atoms with Gasteiger partial charge in [-0.2, -0.15) is 5.26 Å². The number of aromatic nitrogens is 3. The Morgan fingerprint density at radius 2 is 1.92 bits per heavy atom. The summed E-state index contributed by atoms with van der Waals surface area (Å²) >= 11 is 6.19. The van der Waals surface area contributed by atoms with Crippen LogP contribution in [0, 0.1) is 11.5 Å². The molecular formula is C16H18ClN7. The van der Waals surface area contributed by atoms with Crippen LogP contribution in [0.3, 0.4) is 0 Å². The molecule has 3 heterocycles. The molecular weight excluding hydrogens is 326 g/mol. The third-order valence-electron chi connectivity index (χ3n) is 4.55. The van der Waals surface area contributed by atoms with Crippen molar-refractivity contribution in [3.05, 3.63) is 34.6 Å². The van der Waals surface area contributed by atoms with Crippen LogP contribution in [0.15, 0.2) is 18.2 Å². The second kappa shape index (κ2) is 5.96. The number of fused-ring (bicyclic) bond motifs is 3. The Morgan fingerprint density at radius 1 is 1.12 bits per heavy atom. The zero-order valence-corrected chi connectivity index (χ0v) is 14.2. The molecule has 0 spiro atoms. The number of hydrogen-bond donors (Lipinski definition) is 0. The SMILES string of the molecule is CN1Cc2cc(Cl)ccc2-n2c(nnc2N2CCN(C#N)CC2)C1. The summed E-state index contributed by atoms with van der Waals surface area (Å²) in [6.45, 7) is 4.52. The molecule has 8 heteroatoms. The third kappa shape index (κ3) is 2.58. The molecule has 0 atom stereocenters. The van der Waals surface area contributed by atoms with Crippen LogP contribution in [0.5, 0.6) is 0 Å². The molecule has 7 nitrogen and oxygen atoms in total. The zero-order chi connectivity index (χ0) is 16.7. The monoisotopic (exact) mass is 343 g/mol. The molecule has 0 saturated carbocycles. The second-order valence-corrected chi connectivity index (χ2v) is 6.71. The number of halogens is 1. The van der Waals surface area contributed by atoms with Crippen molar-refractivity contribution in [1.29, 1.82) is 5.26 Å². The molecule has 1 aromatic carbocycles. The highest BCUT2D eigenvalue weighted by atomic mass is 35.5. The van der Waals surface area contributed by atoms with E-state index in [1.165, 1.54) is 5.56 Å². The number of hydrogen-bond acceptors (Lipinski definition) is 6. The summed E-state index contributed by atoms with van der Waals surface area (Å²) < 4.78 is 2.14. The first kappa shape index (κ1) is 15.2. The van der Waals surface area contributed by atoms with Crippen molar-refractivity contribution in [3.63, 3.8) is 0 Å². The summed E-state index contributed by atoms with van der Waals surface area (Å²) in [6, 6.07) is 5.96. The highest BCUT2D eigenvalue weighted by Crippen LogP contribution is 2.30. The predicted octanol–water partition coefficient (Wildman–Crippen LogP) is 1.47. The van der Waals surface area contributed by atoms with E-state index in [0.29, 0.717) is 13.1 Å². The lowest BCUT2D eigenvalue weighted by Gasteiger charge is -2.32. The number of rotatable bonds is 1. The quantitative estimate of drug-likeness (QED) is 0.731. The Bertz CT molecular complexity index is 801. The molecule has 0 N–H and O–H groups in total. The molecule has 4 rings (SSSR count). The molecule has 2 aliphatic rings. The topological polar surface area (TPSA) is 64.2 Å². The van der Waals surface area contributed by atoms with Gasteiger partial charge in [0.2, 0.25) is 5.95 Å². The van der Waals surface area contributed by atoms with E-state index in [4.69, 9.17) is 16.9 Å². The summed E-state index contributed by atoms with van der Waals surface area (Å²) in [4.78, 5) is 6.19. The molecule has 0 radical (unpaired) electrons. The number of benzene rings is 1. The maximum absolute atomic E-state index is 9.03. The van der Waals surface area contributed by atoms with E-state index in [1.807, 2.05) is 18.2 Å². The molecule has 1 fully saturated rings. The van der Waals surface area contributed by atoms with E-state index in [2.05, 4.69) is 37.8 Å². The Morgan fingerprint density at radius 3 is 2.67 bits per heavy atom. The Kier molecular flexibility index (Phi) is 3.79. The molecule has 1 saturated heterocycles. The first-order valence-corrected chi connectivity index (χ1v) is 8.35. The fraction of sp³-hybridized carbons (Fsp3) is 0.438. The number of nitrogens with zero attached hydrogens (tertiary/aromatic N) is 7. The van der Waals surface area contributed by atoms with Gasteiger partial charge in [0.25, 0.3) is 0 Å². The number of anilines is 1. The largest absolute Gasteiger partial charge is 0.337 e. The van der Waals surface area contributed by atoms with Crippen molar-refractivity contribution >= 4 is 17.5 Å². The lowest BCUT2D eigenvalue weighted by molar-refractivity contribution is 0.315. The summed E-state index contributed by atoms with van der Waals surface area (Å²) in [6.07, 6.45) is 2.21. The molecule has 0 aliphatic carbocycles. The average molecular weight is 344 g/mol. The summed E-state index contributed by atoms with van der Waals surface area (Å²) in [5.74, 6) is 1.78. The highest BCUT2D eigenvalue weighted by molar-refractivity contribution is 6.30. The van der Waals surface area contributed by atoms with Crippen molar-refractivity contribution in [3.8, 4) is 11.9 Å². The van der Waals surface area contributed by atoms with Crippen LogP contribution >= 0.6 is 11.6 Å². The van der Waals surface area contributed by atoms with Crippen LogP contribution in [0.2, 0.25) is 5.02 Å². The summed E-state index contributed by atoms with van der Waals surface area (Å²) in [7, 11) is 2.07. The Balaban J connectivity index is 1.77. The van der Waals surface area contributed by atoms with Gasteiger partial charge in [-0.1, -0.05) is 11.6 Å². The maximum atomic E-state index is 9.03. The smallest absolute Gasteiger partial charge is 0.232 e. The van der Waals surface area contributed by atoms with Gasteiger partial charge < -0.3 is 9.80 Å². The molecule has 1 aromatic heterocycles. The predicted molar refractivity (Wildman–Crippen MR) is 90.9 cm³/mol. The molecule has 0 amide bonds. The van der Waals surface area contributed by atoms with E-state index in [0.717, 1.165) is 48.7 Å². The highest BCUT2D eigenvalue weighted by Gasteiger charge is 2.27. The van der Waals surface area contributed by atoms with Crippen molar-refractivity contribution < 1.29 is 0 Å². The van der Waals surface area contributed by atoms with Crippen LogP contribution in [0.4, 0.5) is 5.95 Å². The van der Waals surface area contributed by atoms with Gasteiger partial charge in [0.1, 0.15) is 0 Å². The second-order valence-electron chi connectivity index (χ2n) is 6.27. The average Bonchev–Trinajstić information content (AvgIpc) is 2.92. The van der Waals surface area contributed by atoms with Crippen molar-refractivity contribution in [1.82, 2.24) is 24.6 Å². The standard InChI is InChI=1S/C16H18ClN7/c1-21-9-12-8-13(17)2-3-14(12)24-15(10-21)19-20-16(24)23-6-4-22(11-18)5-7-23/h2-3,8H,4-7,9-10H2,1H3. The lowest BCUT2D eigenvalue weighted by Crippen LogP contribution is -2.45. The van der Waals surface area contributed by atoms with E-state index in [1.54, 1.807) is 4.90 Å². The fourth-order valence-corrected chi connectivity index (χ4v) is 3.55. The number of piperazine rings is 1. The molecule has 0 bridgehead atoms. The molecule has 24 heavy (non-hydrogen) atoms. The fourth-order valence-electron chi connectivity index (χ4n) is 3.35. The zero-order valence-electron chi connectivity index (χ0n) is 13.5. The van der Waals surface area contributed by atoms with Crippen LogP contribution in [0.1, 0.15) is 11.4 Å². The van der Waals surface area contributed by atoms with Crippen LogP contribution in [-0.2, 0) is 13.1 Å². The number of nitriles is 1. The van der Waals surface area contributed by atoms with Crippen LogP contribution < -0.4 is 4.90 Å². The minimum atomic E-state index is 0.714. The first-order valence-electron chi connectivity index (χ1n) is 7.97. The van der Waals surface area contributed by atoms with Gasteiger partial charge >= 0.3 is 0 Å². The molecule has 2 aromatic rings. The Hall–Kier alpha value is -2.30. The molecule has 2 aliphatic heterocycles. The van der Waals surface area contributed by atoms with Gasteiger partial charge in [0.15, 0.2) is 12.0 Å². The maximum Gasteiger partial charge on any atom is 0.232 e. The van der Waals surface area contributed by atoms with Gasteiger partial charge in [-0.25, -0.2) is 0 Å². The normalized spacial score (nSPS) is 17.9. The Labute approximate surface area is 145 Å². The molecule has 0 unspecified atom stereocenters. The van der Waals surface area contributed by atoms with Crippen molar-refractivity contribution in [2.24, 2.45) is 0 Å². The van der Waals surface area contributed by atoms with Gasteiger partial charge in [0.05, 0.1) is 12.2 Å². The summed E-state index contributed by atoms with van der Waals surface area (Å²) in [5.41, 5.74) is 2.25. The van der Waals surface area contributed by atoms with Gasteiger partial charge in [-0.15, -0.1) is 10.2 Å². The third-order valence-corrected chi connectivity index (χ3v) is 4.79. The van der Waals surface area contributed by atoms with Crippen LogP contribution in [-0.4, -0.2) is 57.8 Å². The van der Waals surface area contributed by atoms with Gasteiger partial charge in [-0.05, 0) is 30.8 Å². The van der Waals surface area contributed by atoms with Crippen LogP contribution in [0.25, 0.3) is 5.69 Å². The minimum absolute atomic E-state index is 0.714. The van der Waals surface area contributed by atoms with E-state index >= 15 is 0 Å². The first-order chi connectivity index (χ1) is 11.7. The van der Waals surface area contributed by atoms with Crippen molar-refractivity contribution in [2.45, 2.75) is 13.1 Å². The summed E-state index contributed by atoms with van der Waals surface area (Å²) in [5, 5.41) is 18.6.